The number of rotatable bonds is 1. The summed E-state index contributed by atoms with van der Waals surface area (Å²) in [6, 6.07) is 7.19. The fraction of sp³-hybridized carbons (Fsp3) is 0.0909. The van der Waals surface area contributed by atoms with E-state index in [0.29, 0.717) is 5.65 Å². The molecule has 0 atom stereocenters. The monoisotopic (exact) mass is 227 g/mol. The Morgan fingerprint density at radius 2 is 2.18 bits per heavy atom. The normalized spacial score (nSPS) is 10.9. The van der Waals surface area contributed by atoms with Gasteiger partial charge in [0.15, 0.2) is 5.65 Å². The van der Waals surface area contributed by atoms with Crippen molar-refractivity contribution in [3.05, 3.63) is 30.5 Å². The van der Waals surface area contributed by atoms with Gasteiger partial charge in [-0.05, 0) is 18.2 Å². The molecule has 1 aromatic carbocycles. The van der Waals surface area contributed by atoms with E-state index in [-0.39, 0.29) is 5.91 Å². The van der Waals surface area contributed by atoms with E-state index in [0.717, 1.165) is 16.7 Å². The summed E-state index contributed by atoms with van der Waals surface area (Å²) in [4.78, 5) is 11.0. The second-order valence-electron chi connectivity index (χ2n) is 3.69. The molecule has 0 aliphatic heterocycles. The van der Waals surface area contributed by atoms with Gasteiger partial charge in [-0.2, -0.15) is 5.10 Å². The van der Waals surface area contributed by atoms with E-state index in [1.54, 1.807) is 28.9 Å². The first kappa shape index (κ1) is 9.71. The number of hydrogen-bond donors (Lipinski definition) is 1. The highest BCUT2D eigenvalue weighted by Gasteiger charge is 2.05. The maximum Gasteiger partial charge on any atom is 0.221 e. The minimum atomic E-state index is -0.108. The zero-order valence-corrected chi connectivity index (χ0v) is 9.08. The van der Waals surface area contributed by atoms with Crippen LogP contribution in [0.2, 0.25) is 0 Å². The molecular weight excluding hydrogens is 218 g/mol. The van der Waals surface area contributed by atoms with Crippen molar-refractivity contribution >= 4 is 28.3 Å². The molecule has 6 heteroatoms. The molecule has 0 aliphatic rings. The van der Waals surface area contributed by atoms with E-state index < -0.39 is 0 Å². The molecule has 1 N–H and O–H groups in total. The van der Waals surface area contributed by atoms with Crippen molar-refractivity contribution in [2.75, 3.05) is 5.32 Å². The Bertz CT molecular complexity index is 718. The van der Waals surface area contributed by atoms with E-state index in [9.17, 15) is 4.79 Å². The van der Waals surface area contributed by atoms with Crippen LogP contribution in [0.1, 0.15) is 6.92 Å². The number of aromatic nitrogens is 4. The molecule has 0 bridgehead atoms. The first-order chi connectivity index (χ1) is 8.24. The molecule has 84 valence electrons. The summed E-state index contributed by atoms with van der Waals surface area (Å²) in [7, 11) is 0. The number of fused-ring (bicyclic) bond motifs is 3. The number of carbonyl (C=O) groups excluding carboxylic acids is 1. The molecule has 3 aromatic rings. The highest BCUT2D eigenvalue weighted by molar-refractivity contribution is 5.91. The van der Waals surface area contributed by atoms with E-state index in [1.165, 1.54) is 6.92 Å². The predicted octanol–water partition coefficient (Wildman–Crippen LogP) is 1.24. The van der Waals surface area contributed by atoms with Gasteiger partial charge in [0.1, 0.15) is 5.52 Å². The van der Waals surface area contributed by atoms with E-state index in [2.05, 4.69) is 20.6 Å². The number of benzene rings is 1. The highest BCUT2D eigenvalue weighted by atomic mass is 16.1. The minimum absolute atomic E-state index is 0.108. The number of hydrogen-bond acceptors (Lipinski definition) is 4. The van der Waals surface area contributed by atoms with Gasteiger partial charge >= 0.3 is 0 Å². The van der Waals surface area contributed by atoms with Gasteiger partial charge in [-0.3, -0.25) is 4.79 Å². The average Bonchev–Trinajstić information content (AvgIpc) is 2.76. The van der Waals surface area contributed by atoms with Crippen molar-refractivity contribution < 1.29 is 4.79 Å². The Hall–Kier alpha value is -2.50. The standard InChI is InChI=1S/C11H9N5O/c1-7(17)13-8-2-3-9-10(6-8)16-11(15-14-9)4-5-12-16/h2-6H,1H3,(H,13,17). The summed E-state index contributed by atoms with van der Waals surface area (Å²) in [5.74, 6) is -0.108. The molecule has 1 amide bonds. The Morgan fingerprint density at radius 1 is 1.29 bits per heavy atom. The van der Waals surface area contributed by atoms with E-state index >= 15 is 0 Å². The fourth-order valence-electron chi connectivity index (χ4n) is 1.72. The summed E-state index contributed by atoms with van der Waals surface area (Å²) in [5.41, 5.74) is 2.94. The quantitative estimate of drug-likeness (QED) is 0.678. The van der Waals surface area contributed by atoms with Crippen LogP contribution < -0.4 is 5.32 Å². The van der Waals surface area contributed by atoms with Crippen LogP contribution >= 0.6 is 0 Å². The third kappa shape index (κ3) is 1.59. The third-order valence-electron chi connectivity index (χ3n) is 2.41. The number of amides is 1. The van der Waals surface area contributed by atoms with Crippen molar-refractivity contribution in [3.63, 3.8) is 0 Å². The van der Waals surface area contributed by atoms with Crippen LogP contribution in [0.15, 0.2) is 30.5 Å². The van der Waals surface area contributed by atoms with Crippen LogP contribution in [0.25, 0.3) is 16.7 Å². The number of nitrogens with zero attached hydrogens (tertiary/aromatic N) is 4. The van der Waals surface area contributed by atoms with E-state index in [1.807, 2.05) is 6.07 Å². The van der Waals surface area contributed by atoms with Crippen LogP contribution in [0.4, 0.5) is 5.69 Å². The molecule has 0 fully saturated rings. The first-order valence-electron chi connectivity index (χ1n) is 5.12. The highest BCUT2D eigenvalue weighted by Crippen LogP contribution is 2.17. The summed E-state index contributed by atoms with van der Waals surface area (Å²) < 4.78 is 1.69. The third-order valence-corrected chi connectivity index (χ3v) is 2.41. The van der Waals surface area contributed by atoms with Gasteiger partial charge in [-0.25, -0.2) is 4.52 Å². The lowest BCUT2D eigenvalue weighted by molar-refractivity contribution is -0.114. The second kappa shape index (κ2) is 3.51. The number of carbonyl (C=O) groups is 1. The zero-order valence-electron chi connectivity index (χ0n) is 9.08. The van der Waals surface area contributed by atoms with Crippen molar-refractivity contribution in [2.45, 2.75) is 6.92 Å². The largest absolute Gasteiger partial charge is 0.326 e. The van der Waals surface area contributed by atoms with Crippen molar-refractivity contribution in [1.82, 2.24) is 19.8 Å². The van der Waals surface area contributed by atoms with E-state index in [4.69, 9.17) is 0 Å². The maximum absolute atomic E-state index is 11.0. The molecule has 17 heavy (non-hydrogen) atoms. The molecule has 0 radical (unpaired) electrons. The van der Waals surface area contributed by atoms with Crippen molar-refractivity contribution in [2.24, 2.45) is 0 Å². The van der Waals surface area contributed by atoms with Gasteiger partial charge in [0, 0.05) is 18.7 Å². The second-order valence-corrected chi connectivity index (χ2v) is 3.69. The van der Waals surface area contributed by atoms with Gasteiger partial charge in [0.25, 0.3) is 0 Å². The smallest absolute Gasteiger partial charge is 0.221 e. The lowest BCUT2D eigenvalue weighted by Gasteiger charge is -2.04. The fourth-order valence-corrected chi connectivity index (χ4v) is 1.72. The first-order valence-corrected chi connectivity index (χ1v) is 5.12. The number of nitrogens with one attached hydrogen (secondary N) is 1. The van der Waals surface area contributed by atoms with Crippen LogP contribution in [0.3, 0.4) is 0 Å². The summed E-state index contributed by atoms with van der Waals surface area (Å²) >= 11 is 0. The Kier molecular flexibility index (Phi) is 2.01. The topological polar surface area (TPSA) is 72.2 Å². The molecule has 0 unspecified atom stereocenters. The zero-order chi connectivity index (χ0) is 11.8. The predicted molar refractivity (Wildman–Crippen MR) is 62.6 cm³/mol. The number of anilines is 1. The molecule has 2 heterocycles. The van der Waals surface area contributed by atoms with Crippen LogP contribution in [0, 0.1) is 0 Å². The SMILES string of the molecule is CC(=O)Nc1ccc2nnc3ccnn3c2c1. The van der Waals surface area contributed by atoms with Crippen LogP contribution in [0.5, 0.6) is 0 Å². The Labute approximate surface area is 96.3 Å². The van der Waals surface area contributed by atoms with Gasteiger partial charge < -0.3 is 5.32 Å². The van der Waals surface area contributed by atoms with Gasteiger partial charge in [-0.1, -0.05) is 0 Å². The van der Waals surface area contributed by atoms with Gasteiger partial charge in [0.05, 0.1) is 11.7 Å². The summed E-state index contributed by atoms with van der Waals surface area (Å²) in [6.45, 7) is 1.47. The Morgan fingerprint density at radius 3 is 3.00 bits per heavy atom. The molecule has 6 nitrogen and oxygen atoms in total. The average molecular weight is 227 g/mol. The van der Waals surface area contributed by atoms with Crippen molar-refractivity contribution in [1.29, 1.82) is 0 Å². The molecule has 3 rings (SSSR count). The Balaban J connectivity index is 2.28. The van der Waals surface area contributed by atoms with Crippen molar-refractivity contribution in [3.8, 4) is 0 Å². The summed E-state index contributed by atoms with van der Waals surface area (Å²) in [6.07, 6.45) is 1.66. The maximum atomic E-state index is 11.0. The summed E-state index contributed by atoms with van der Waals surface area (Å²) in [5, 5.41) is 15.0. The van der Waals surface area contributed by atoms with Crippen LogP contribution in [-0.4, -0.2) is 25.7 Å². The molecule has 2 aromatic heterocycles. The molecule has 0 saturated carbocycles. The lowest BCUT2D eigenvalue weighted by atomic mass is 10.2. The molecule has 0 spiro atoms. The molecular formula is C11H9N5O. The van der Waals surface area contributed by atoms with Crippen LogP contribution in [-0.2, 0) is 4.79 Å². The van der Waals surface area contributed by atoms with Gasteiger partial charge in [0.2, 0.25) is 5.91 Å². The minimum Gasteiger partial charge on any atom is -0.326 e. The molecule has 0 saturated heterocycles. The lowest BCUT2D eigenvalue weighted by Crippen LogP contribution is -2.06. The van der Waals surface area contributed by atoms with Gasteiger partial charge in [-0.15, -0.1) is 10.2 Å². The molecule has 0 aliphatic carbocycles.